The number of hydrogen-bond acceptors (Lipinski definition) is 4. The first kappa shape index (κ1) is 14.8. The summed E-state index contributed by atoms with van der Waals surface area (Å²) in [5.41, 5.74) is 0. The van der Waals surface area contributed by atoms with Gasteiger partial charge >= 0.3 is 0 Å². The number of rotatable bonds is 6. The van der Waals surface area contributed by atoms with Crippen molar-refractivity contribution >= 4 is 29.1 Å². The maximum Gasteiger partial charge on any atom is 0.251 e. The topological polar surface area (TPSA) is 70.7 Å². The molecule has 0 aromatic rings. The van der Waals surface area contributed by atoms with Crippen LogP contribution in [0.2, 0.25) is 0 Å². The van der Waals surface area contributed by atoms with Gasteiger partial charge in [0, 0.05) is 26.8 Å². The summed E-state index contributed by atoms with van der Waals surface area (Å²) in [5.74, 6) is -0.421. The molecule has 6 nitrogen and oxygen atoms in total. The monoisotopic (exact) mass is 273 g/mol. The SMILES string of the molecule is CCOCCCNC(=S)NC1CC(=O)N(C)C1=O. The van der Waals surface area contributed by atoms with Gasteiger partial charge in [-0.25, -0.2) is 0 Å². The van der Waals surface area contributed by atoms with Gasteiger partial charge in [-0.05, 0) is 25.6 Å². The summed E-state index contributed by atoms with van der Waals surface area (Å²) < 4.78 is 5.18. The lowest BCUT2D eigenvalue weighted by atomic mass is 10.2. The summed E-state index contributed by atoms with van der Waals surface area (Å²) in [7, 11) is 1.48. The molecule has 1 unspecified atom stereocenters. The zero-order valence-electron chi connectivity index (χ0n) is 10.7. The van der Waals surface area contributed by atoms with Gasteiger partial charge in [0.05, 0.1) is 6.42 Å². The second kappa shape index (κ2) is 7.27. The van der Waals surface area contributed by atoms with E-state index >= 15 is 0 Å². The van der Waals surface area contributed by atoms with Crippen LogP contribution in [0.4, 0.5) is 0 Å². The standard InChI is InChI=1S/C11H19N3O3S/c1-3-17-6-4-5-12-11(18)13-8-7-9(15)14(2)10(8)16/h8H,3-7H2,1-2H3,(H2,12,13,18). The Kier molecular flexibility index (Phi) is 6.00. The number of hydrogen-bond donors (Lipinski definition) is 2. The summed E-state index contributed by atoms with van der Waals surface area (Å²) in [5, 5.41) is 6.22. The molecule has 1 rings (SSSR count). The predicted molar refractivity (Wildman–Crippen MR) is 71.0 cm³/mol. The van der Waals surface area contributed by atoms with Crippen LogP contribution >= 0.6 is 12.2 Å². The molecule has 18 heavy (non-hydrogen) atoms. The third-order valence-electron chi connectivity index (χ3n) is 2.64. The van der Waals surface area contributed by atoms with Crippen LogP contribution in [0.25, 0.3) is 0 Å². The first-order valence-corrected chi connectivity index (χ1v) is 6.39. The van der Waals surface area contributed by atoms with Crippen LogP contribution < -0.4 is 10.6 Å². The van der Waals surface area contributed by atoms with Gasteiger partial charge < -0.3 is 15.4 Å². The second-order valence-electron chi connectivity index (χ2n) is 4.00. The van der Waals surface area contributed by atoms with E-state index in [0.717, 1.165) is 11.3 Å². The van der Waals surface area contributed by atoms with Crippen molar-refractivity contribution in [1.29, 1.82) is 0 Å². The number of ether oxygens (including phenoxy) is 1. The maximum absolute atomic E-state index is 11.6. The highest BCUT2D eigenvalue weighted by Crippen LogP contribution is 2.09. The molecule has 0 bridgehead atoms. The molecule has 2 amide bonds. The van der Waals surface area contributed by atoms with Gasteiger partial charge in [0.25, 0.3) is 5.91 Å². The number of thiocarbonyl (C=S) groups is 1. The minimum absolute atomic E-state index is 0.163. The Balaban J connectivity index is 2.21. The van der Waals surface area contributed by atoms with Crippen molar-refractivity contribution in [2.45, 2.75) is 25.8 Å². The zero-order valence-corrected chi connectivity index (χ0v) is 11.5. The van der Waals surface area contributed by atoms with Gasteiger partial charge in [-0.3, -0.25) is 14.5 Å². The first-order valence-electron chi connectivity index (χ1n) is 5.98. The third-order valence-corrected chi connectivity index (χ3v) is 2.90. The summed E-state index contributed by atoms with van der Waals surface area (Å²) in [4.78, 5) is 24.0. The molecule has 1 saturated heterocycles. The fraction of sp³-hybridized carbons (Fsp3) is 0.727. The molecule has 1 aliphatic heterocycles. The van der Waals surface area contributed by atoms with E-state index in [1.165, 1.54) is 7.05 Å². The number of nitrogens with one attached hydrogen (secondary N) is 2. The van der Waals surface area contributed by atoms with Crippen LogP contribution in [-0.2, 0) is 14.3 Å². The number of likely N-dealkylation sites (tertiary alicyclic amines) is 1. The van der Waals surface area contributed by atoms with Crippen molar-refractivity contribution in [3.8, 4) is 0 Å². The fourth-order valence-electron chi connectivity index (χ4n) is 1.60. The Morgan fingerprint density at radius 1 is 1.56 bits per heavy atom. The molecule has 0 radical (unpaired) electrons. The lowest BCUT2D eigenvalue weighted by Crippen LogP contribution is -2.45. The number of imide groups is 1. The minimum Gasteiger partial charge on any atom is -0.382 e. The Morgan fingerprint density at radius 2 is 2.28 bits per heavy atom. The van der Waals surface area contributed by atoms with Gasteiger partial charge in [0.1, 0.15) is 6.04 Å². The highest BCUT2D eigenvalue weighted by molar-refractivity contribution is 7.80. The van der Waals surface area contributed by atoms with Gasteiger partial charge in [-0.15, -0.1) is 0 Å². The van der Waals surface area contributed by atoms with Gasteiger partial charge in [0.15, 0.2) is 5.11 Å². The van der Waals surface area contributed by atoms with Crippen LogP contribution in [0.15, 0.2) is 0 Å². The molecule has 1 heterocycles. The Hall–Kier alpha value is -1.21. The molecule has 0 aromatic carbocycles. The van der Waals surface area contributed by atoms with E-state index in [4.69, 9.17) is 17.0 Å². The molecule has 0 aromatic heterocycles. The molecular formula is C11H19N3O3S. The van der Waals surface area contributed by atoms with Crippen molar-refractivity contribution in [3.63, 3.8) is 0 Å². The molecule has 1 fully saturated rings. The number of likely N-dealkylation sites (N-methyl/N-ethyl adjacent to an activating group) is 1. The van der Waals surface area contributed by atoms with E-state index in [0.29, 0.717) is 24.9 Å². The van der Waals surface area contributed by atoms with E-state index in [1.54, 1.807) is 0 Å². The molecule has 1 atom stereocenters. The van der Waals surface area contributed by atoms with Crippen LogP contribution in [-0.4, -0.2) is 54.7 Å². The quantitative estimate of drug-likeness (QED) is 0.391. The van der Waals surface area contributed by atoms with Crippen LogP contribution in [0.5, 0.6) is 0 Å². The summed E-state index contributed by atoms with van der Waals surface area (Å²) in [6.45, 7) is 4.00. The van der Waals surface area contributed by atoms with E-state index in [2.05, 4.69) is 10.6 Å². The highest BCUT2D eigenvalue weighted by Gasteiger charge is 2.36. The van der Waals surface area contributed by atoms with Crippen LogP contribution in [0.1, 0.15) is 19.8 Å². The largest absolute Gasteiger partial charge is 0.382 e. The van der Waals surface area contributed by atoms with E-state index in [-0.39, 0.29) is 18.2 Å². The Bertz CT molecular complexity index is 335. The highest BCUT2D eigenvalue weighted by atomic mass is 32.1. The van der Waals surface area contributed by atoms with E-state index in [1.807, 2.05) is 6.92 Å². The van der Waals surface area contributed by atoms with Crippen molar-refractivity contribution in [2.75, 3.05) is 26.8 Å². The Labute approximate surface area is 112 Å². The fourth-order valence-corrected chi connectivity index (χ4v) is 1.84. The molecule has 7 heteroatoms. The zero-order chi connectivity index (χ0) is 13.5. The van der Waals surface area contributed by atoms with E-state index < -0.39 is 6.04 Å². The van der Waals surface area contributed by atoms with Crippen molar-refractivity contribution in [1.82, 2.24) is 15.5 Å². The number of nitrogens with zero attached hydrogens (tertiary/aromatic N) is 1. The molecule has 2 N–H and O–H groups in total. The summed E-state index contributed by atoms with van der Waals surface area (Å²) in [6.07, 6.45) is 1.00. The van der Waals surface area contributed by atoms with Gasteiger partial charge in [0.2, 0.25) is 5.91 Å². The third kappa shape index (κ3) is 4.23. The van der Waals surface area contributed by atoms with Gasteiger partial charge in [-0.1, -0.05) is 0 Å². The summed E-state index contributed by atoms with van der Waals surface area (Å²) in [6, 6.07) is -0.533. The van der Waals surface area contributed by atoms with Gasteiger partial charge in [-0.2, -0.15) is 0 Å². The Morgan fingerprint density at radius 3 is 2.83 bits per heavy atom. The smallest absolute Gasteiger partial charge is 0.251 e. The molecule has 102 valence electrons. The van der Waals surface area contributed by atoms with Crippen molar-refractivity contribution in [2.24, 2.45) is 0 Å². The average molecular weight is 273 g/mol. The van der Waals surface area contributed by atoms with Crippen LogP contribution in [0.3, 0.4) is 0 Å². The molecule has 0 saturated carbocycles. The second-order valence-corrected chi connectivity index (χ2v) is 4.41. The minimum atomic E-state index is -0.533. The first-order chi connectivity index (χ1) is 8.56. The predicted octanol–water partition coefficient (Wildman–Crippen LogP) is -0.366. The van der Waals surface area contributed by atoms with Crippen molar-refractivity contribution < 1.29 is 14.3 Å². The summed E-state index contributed by atoms with van der Waals surface area (Å²) >= 11 is 5.05. The lowest BCUT2D eigenvalue weighted by Gasteiger charge is -2.14. The normalized spacial score (nSPS) is 19.2. The lowest BCUT2D eigenvalue weighted by molar-refractivity contribution is -0.137. The molecular weight excluding hydrogens is 254 g/mol. The molecule has 0 spiro atoms. The van der Waals surface area contributed by atoms with Crippen LogP contribution in [0, 0.1) is 0 Å². The number of amides is 2. The number of carbonyl (C=O) groups is 2. The molecule has 0 aliphatic carbocycles. The van der Waals surface area contributed by atoms with E-state index in [9.17, 15) is 9.59 Å². The molecule has 1 aliphatic rings. The number of carbonyl (C=O) groups excluding carboxylic acids is 2. The average Bonchev–Trinajstić information content (AvgIpc) is 2.57. The maximum atomic E-state index is 11.6. The van der Waals surface area contributed by atoms with Crippen molar-refractivity contribution in [3.05, 3.63) is 0 Å².